The quantitative estimate of drug-likeness (QED) is 0.107. The van der Waals surface area contributed by atoms with Gasteiger partial charge in [0.1, 0.15) is 23.5 Å². The monoisotopic (exact) mass is 954 g/mol. The number of carbonyl (C=O) groups is 2. The number of aliphatic imine (C=N–C) groups is 2. The number of pyridine rings is 4. The summed E-state index contributed by atoms with van der Waals surface area (Å²) in [6.07, 6.45) is 6.46. The van der Waals surface area contributed by atoms with E-state index in [9.17, 15) is 19.2 Å². The van der Waals surface area contributed by atoms with Crippen molar-refractivity contribution in [1.29, 1.82) is 0 Å². The molecule has 1 saturated heterocycles. The van der Waals surface area contributed by atoms with Gasteiger partial charge in [-0.3, -0.25) is 29.0 Å². The Hall–Kier alpha value is -7.82. The molecule has 2 unspecified atom stereocenters. The maximum absolute atomic E-state index is 13.8. The van der Waals surface area contributed by atoms with E-state index in [1.807, 2.05) is 24.3 Å². The fourth-order valence-corrected chi connectivity index (χ4v) is 8.40. The van der Waals surface area contributed by atoms with E-state index >= 15 is 0 Å². The molecular weight excluding hydrogens is 908 g/mol. The van der Waals surface area contributed by atoms with E-state index in [-0.39, 0.29) is 34.1 Å². The van der Waals surface area contributed by atoms with Crippen LogP contribution in [0.25, 0.3) is 0 Å². The first-order valence-electron chi connectivity index (χ1n) is 21.1. The Balaban J connectivity index is 0.000000201. The first-order valence-corrected chi connectivity index (χ1v) is 21.8. The molecule has 68 heavy (non-hydrogen) atoms. The lowest BCUT2D eigenvalue weighted by Gasteiger charge is -2.27. The van der Waals surface area contributed by atoms with Crippen LogP contribution in [0.2, 0.25) is 10.0 Å². The molecule has 2 amide bonds. The third kappa shape index (κ3) is 9.41. The maximum Gasteiger partial charge on any atom is 0.262 e. The smallest absolute Gasteiger partial charge is 0.262 e. The van der Waals surface area contributed by atoms with Crippen LogP contribution in [0.3, 0.4) is 0 Å². The van der Waals surface area contributed by atoms with E-state index in [2.05, 4.69) is 15.0 Å². The fraction of sp³-hybridized carbons (Fsp3) is 0.200. The summed E-state index contributed by atoms with van der Waals surface area (Å²) in [5.41, 5.74) is 19.3. The number of ether oxygens (including phenoxy) is 2. The van der Waals surface area contributed by atoms with Crippen molar-refractivity contribution in [3.8, 4) is 11.8 Å². The molecule has 2 aromatic carbocycles. The highest BCUT2D eigenvalue weighted by atomic mass is 35.5. The lowest BCUT2D eigenvalue weighted by atomic mass is 9.99. The average molecular weight is 956 g/mol. The third-order valence-corrected chi connectivity index (χ3v) is 11.8. The molecule has 0 aliphatic carbocycles. The van der Waals surface area contributed by atoms with Gasteiger partial charge in [-0.25, -0.2) is 20.0 Å². The van der Waals surface area contributed by atoms with Crippen LogP contribution in [-0.2, 0) is 23.7 Å². The number of hydrogen-bond donors (Lipinski definition) is 2. The normalized spacial score (nSPS) is 17.4. The number of rotatable bonds is 9. The van der Waals surface area contributed by atoms with E-state index in [1.54, 1.807) is 137 Å². The van der Waals surface area contributed by atoms with E-state index < -0.39 is 12.1 Å². The van der Waals surface area contributed by atoms with Gasteiger partial charge in [0.05, 0.1) is 53.9 Å². The molecule has 2 aliphatic heterocycles. The van der Waals surface area contributed by atoms with Crippen LogP contribution < -0.4 is 41.9 Å². The van der Waals surface area contributed by atoms with Gasteiger partial charge in [-0.15, -0.1) is 0 Å². The zero-order valence-electron chi connectivity index (χ0n) is 38.5. The molecule has 1 fully saturated rings. The second-order valence-electron chi connectivity index (χ2n) is 16.0. The molecule has 4 N–H and O–H groups in total. The van der Waals surface area contributed by atoms with Crippen molar-refractivity contribution in [2.75, 3.05) is 24.0 Å². The Labute approximate surface area is 402 Å². The number of nitrogens with zero attached hydrogens (tertiary/aromatic N) is 8. The highest BCUT2D eigenvalue weighted by Crippen LogP contribution is 2.42. The number of carbonyl (C=O) groups excluding carboxylic acids is 2. The number of allylic oxidation sites excluding steroid dienone is 1. The predicted molar refractivity (Wildman–Crippen MR) is 266 cm³/mol. The molecule has 2 aliphatic rings. The van der Waals surface area contributed by atoms with Crippen LogP contribution in [0.1, 0.15) is 48.2 Å². The fourth-order valence-electron chi connectivity index (χ4n) is 8.14. The lowest BCUT2D eigenvalue weighted by Crippen LogP contribution is -2.33. The zero-order chi connectivity index (χ0) is 49.1. The Kier molecular flexibility index (Phi) is 14.1. The van der Waals surface area contributed by atoms with Gasteiger partial charge in [-0.1, -0.05) is 47.5 Å². The summed E-state index contributed by atoms with van der Waals surface area (Å²) in [5.74, 6) is 0.0215. The van der Waals surface area contributed by atoms with Crippen LogP contribution in [-0.4, -0.2) is 56.6 Å². The van der Waals surface area contributed by atoms with E-state index in [4.69, 9.17) is 49.1 Å². The third-order valence-electron chi connectivity index (χ3n) is 11.3. The Bertz CT molecular complexity index is 3160. The van der Waals surface area contributed by atoms with Crippen LogP contribution in [0.15, 0.2) is 152 Å². The molecule has 0 radical (unpaired) electrons. The van der Waals surface area contributed by atoms with Crippen molar-refractivity contribution < 1.29 is 19.1 Å². The first kappa shape index (κ1) is 48.1. The molecule has 6 heterocycles. The molecule has 8 rings (SSSR count). The molecule has 0 spiro atoms. The Morgan fingerprint density at radius 1 is 0.676 bits per heavy atom. The minimum Gasteiger partial charge on any atom is -0.479 e. The summed E-state index contributed by atoms with van der Waals surface area (Å²) in [6.45, 7) is 6.81. The largest absolute Gasteiger partial charge is 0.479 e. The van der Waals surface area contributed by atoms with Gasteiger partial charge in [-0.2, -0.15) is 0 Å². The van der Waals surface area contributed by atoms with Crippen LogP contribution >= 0.6 is 23.2 Å². The highest BCUT2D eigenvalue weighted by Gasteiger charge is 2.45. The highest BCUT2D eigenvalue weighted by molar-refractivity contribution is 6.36. The number of benzene rings is 2. The number of hydrogen-bond acceptors (Lipinski definition) is 12. The molecule has 348 valence electrons. The average Bonchev–Trinajstić information content (AvgIpc) is 3.75. The maximum atomic E-state index is 13.8. The second kappa shape index (κ2) is 20.0. The standard InChI is InChI=1S/2C25H24ClN5O3/c1-14-12-18(13-30(3)24(14)32)31-22(16-7-9-17(26)10-8-16)21(27)20(25(31)33)15(2)29-19-6-5-11-28-23(19)34-4;1-14-12-18(13-30(3)24(14)32)31-22(16-7-9-17(26)10-8-16)21(20(15(2)27)25(31)33)29-19-6-5-11-28-23(19)34-4/h2*5-13,22H,27H2,1-4H3. The number of amides is 2. The van der Waals surface area contributed by atoms with Crippen LogP contribution in [0.4, 0.5) is 22.7 Å². The summed E-state index contributed by atoms with van der Waals surface area (Å²) in [4.78, 5) is 73.2. The Morgan fingerprint density at radius 2 is 1.13 bits per heavy atom. The van der Waals surface area contributed by atoms with Gasteiger partial charge in [0, 0.05) is 65.8 Å². The molecule has 0 saturated carbocycles. The summed E-state index contributed by atoms with van der Waals surface area (Å²) in [6, 6.07) is 23.5. The molecule has 18 heteroatoms. The summed E-state index contributed by atoms with van der Waals surface area (Å²) in [5, 5.41) is 1.14. The summed E-state index contributed by atoms with van der Waals surface area (Å²) < 4.78 is 13.6. The van der Waals surface area contributed by atoms with E-state index in [0.717, 1.165) is 11.1 Å². The summed E-state index contributed by atoms with van der Waals surface area (Å²) >= 11 is 12.2. The molecular formula is C50H48Cl2N10O6. The number of nitrogens with two attached hydrogens (primary N) is 2. The van der Waals surface area contributed by atoms with Gasteiger partial charge in [0.15, 0.2) is 0 Å². The second-order valence-corrected chi connectivity index (χ2v) is 16.9. The molecule has 16 nitrogen and oxygen atoms in total. The number of halogens is 2. The minimum absolute atomic E-state index is 0.138. The SMILES string of the molecule is COc1ncccc1N=C(C)C1=C(N)C(c2ccc(Cl)cc2)N(c2cc(C)c(=O)n(C)c2)C1=O.COc1ncccc1N=C1C(=C(C)N)C(=O)N(c2cc(C)c(=O)n(C)c2)C1c1ccc(Cl)cc1. The van der Waals surface area contributed by atoms with Gasteiger partial charge in [0.25, 0.3) is 22.9 Å². The number of anilines is 2. The van der Waals surface area contributed by atoms with Crippen LogP contribution in [0.5, 0.6) is 11.8 Å². The molecule has 0 bridgehead atoms. The minimum atomic E-state index is -0.625. The van der Waals surface area contributed by atoms with Gasteiger partial charge in [-0.05, 0) is 99.5 Å². The molecule has 6 aromatic rings. The van der Waals surface area contributed by atoms with Crippen molar-refractivity contribution >= 4 is 69.2 Å². The predicted octanol–water partition coefficient (Wildman–Crippen LogP) is 7.69. The summed E-state index contributed by atoms with van der Waals surface area (Å²) in [7, 11) is 6.31. The van der Waals surface area contributed by atoms with E-state index in [1.165, 1.54) is 23.4 Å². The van der Waals surface area contributed by atoms with Crippen molar-refractivity contribution in [2.24, 2.45) is 35.5 Å². The topological polar surface area (TPSA) is 206 Å². The van der Waals surface area contributed by atoms with Crippen LogP contribution in [0, 0.1) is 13.8 Å². The van der Waals surface area contributed by atoms with Gasteiger partial charge < -0.3 is 30.1 Å². The van der Waals surface area contributed by atoms with Gasteiger partial charge in [0.2, 0.25) is 11.8 Å². The zero-order valence-corrected chi connectivity index (χ0v) is 40.0. The van der Waals surface area contributed by atoms with E-state index in [0.29, 0.717) is 78.5 Å². The van der Waals surface area contributed by atoms with Crippen molar-refractivity contribution in [2.45, 2.75) is 39.8 Å². The van der Waals surface area contributed by atoms with Crippen molar-refractivity contribution in [1.82, 2.24) is 19.1 Å². The lowest BCUT2D eigenvalue weighted by molar-refractivity contribution is -0.115. The van der Waals surface area contributed by atoms with Gasteiger partial charge >= 0.3 is 0 Å². The Morgan fingerprint density at radius 3 is 1.60 bits per heavy atom. The number of aromatic nitrogens is 4. The van der Waals surface area contributed by atoms with Crippen molar-refractivity contribution in [3.63, 3.8) is 0 Å². The molecule has 4 aromatic heterocycles. The number of aryl methyl sites for hydroxylation is 4. The molecule has 2 atom stereocenters. The number of methoxy groups -OCH3 is 2. The first-order chi connectivity index (χ1) is 32.4. The van der Waals surface area contributed by atoms with Crippen molar-refractivity contribution in [3.05, 3.63) is 185 Å².